The van der Waals surface area contributed by atoms with Crippen LogP contribution < -0.4 is 5.56 Å². The second-order valence-electron chi connectivity index (χ2n) is 8.28. The summed E-state index contributed by atoms with van der Waals surface area (Å²) in [6.45, 7) is 1.94. The Balaban J connectivity index is 1.28. The van der Waals surface area contributed by atoms with Crippen LogP contribution in [0.1, 0.15) is 40.2 Å². The van der Waals surface area contributed by atoms with Crippen LogP contribution in [0.4, 0.5) is 0 Å². The van der Waals surface area contributed by atoms with E-state index in [0.717, 1.165) is 29.6 Å². The first-order chi connectivity index (χ1) is 15.6. The number of hydrogen-bond donors (Lipinski definition) is 0. The molecule has 0 aliphatic carbocycles. The molecule has 4 aromatic rings. The van der Waals surface area contributed by atoms with Gasteiger partial charge in [-0.3, -0.25) is 14.6 Å². The minimum absolute atomic E-state index is 0.00310. The van der Waals surface area contributed by atoms with Crippen LogP contribution in [0.2, 0.25) is 0 Å². The van der Waals surface area contributed by atoms with Gasteiger partial charge in [0.25, 0.3) is 11.5 Å². The van der Waals surface area contributed by atoms with E-state index in [1.807, 2.05) is 46.1 Å². The van der Waals surface area contributed by atoms with Crippen LogP contribution in [-0.4, -0.2) is 48.0 Å². The van der Waals surface area contributed by atoms with Gasteiger partial charge in [-0.15, -0.1) is 0 Å². The van der Waals surface area contributed by atoms with Gasteiger partial charge in [-0.25, -0.2) is 9.97 Å². The molecule has 0 spiro atoms. The predicted molar refractivity (Wildman–Crippen MR) is 120 cm³/mol. The van der Waals surface area contributed by atoms with E-state index in [9.17, 15) is 9.59 Å². The van der Waals surface area contributed by atoms with Crippen LogP contribution in [0.15, 0.2) is 66.2 Å². The van der Waals surface area contributed by atoms with E-state index < -0.39 is 0 Å². The van der Waals surface area contributed by atoms with Gasteiger partial charge in [0.2, 0.25) is 0 Å². The average molecular weight is 428 g/mol. The van der Waals surface area contributed by atoms with Crippen LogP contribution in [0.5, 0.6) is 0 Å². The minimum atomic E-state index is -0.0244. The molecule has 1 fully saturated rings. The average Bonchev–Trinajstić information content (AvgIpc) is 3.23. The molecule has 0 atom stereocenters. The highest BCUT2D eigenvalue weighted by Crippen LogP contribution is 2.28. The number of hydrogen-bond acceptors (Lipinski definition) is 5. The standard InChI is InChI=1S/C24H24N6O2/c1-28-8-4-19(12-22(28)31)18-5-9-29(10-6-18)24(32)20-11-21-23(26-14-20)30(16-27-21)15-17-3-2-7-25-13-17/h2-4,7-8,11-14,16,18H,5-6,9-10,15H2,1H3. The molecular weight excluding hydrogens is 404 g/mol. The molecule has 32 heavy (non-hydrogen) atoms. The predicted octanol–water partition coefficient (Wildman–Crippen LogP) is 2.59. The Morgan fingerprint density at radius 3 is 2.72 bits per heavy atom. The molecule has 1 amide bonds. The van der Waals surface area contributed by atoms with Crippen molar-refractivity contribution in [1.29, 1.82) is 0 Å². The number of amides is 1. The van der Waals surface area contributed by atoms with Crippen LogP contribution in [0, 0.1) is 0 Å². The van der Waals surface area contributed by atoms with E-state index >= 15 is 0 Å². The van der Waals surface area contributed by atoms with Crippen molar-refractivity contribution >= 4 is 17.1 Å². The van der Waals surface area contributed by atoms with Crippen LogP contribution in [0.3, 0.4) is 0 Å². The Labute approximate surface area is 185 Å². The summed E-state index contributed by atoms with van der Waals surface area (Å²) >= 11 is 0. The highest BCUT2D eigenvalue weighted by molar-refractivity contribution is 5.96. The summed E-state index contributed by atoms with van der Waals surface area (Å²) in [5.41, 5.74) is 4.12. The Morgan fingerprint density at radius 2 is 1.97 bits per heavy atom. The number of rotatable bonds is 4. The van der Waals surface area contributed by atoms with Crippen molar-refractivity contribution in [3.63, 3.8) is 0 Å². The number of aryl methyl sites for hydroxylation is 1. The molecule has 162 valence electrons. The number of carbonyl (C=O) groups excluding carboxylic acids is 1. The maximum atomic E-state index is 13.1. The maximum absolute atomic E-state index is 13.1. The quantitative estimate of drug-likeness (QED) is 0.499. The molecule has 0 N–H and O–H groups in total. The molecule has 1 aliphatic heterocycles. The molecule has 0 unspecified atom stereocenters. The summed E-state index contributed by atoms with van der Waals surface area (Å²) in [6.07, 6.45) is 10.4. The van der Waals surface area contributed by atoms with E-state index in [-0.39, 0.29) is 11.5 Å². The number of carbonyl (C=O) groups is 1. The van der Waals surface area contributed by atoms with Gasteiger partial charge in [0.05, 0.1) is 18.4 Å². The molecule has 1 saturated heterocycles. The van der Waals surface area contributed by atoms with Gasteiger partial charge in [-0.1, -0.05) is 6.07 Å². The van der Waals surface area contributed by atoms with E-state index in [2.05, 4.69) is 15.0 Å². The first kappa shape index (κ1) is 20.1. The van der Waals surface area contributed by atoms with Crippen molar-refractivity contribution in [2.24, 2.45) is 7.05 Å². The summed E-state index contributed by atoms with van der Waals surface area (Å²) in [5, 5.41) is 0. The zero-order chi connectivity index (χ0) is 22.1. The molecular formula is C24H24N6O2. The number of pyridine rings is 3. The van der Waals surface area contributed by atoms with Gasteiger partial charge in [-0.2, -0.15) is 0 Å². The summed E-state index contributed by atoms with van der Waals surface area (Å²) in [6, 6.07) is 9.44. The number of fused-ring (bicyclic) bond motifs is 1. The molecule has 0 radical (unpaired) electrons. The Kier molecular flexibility index (Phi) is 5.26. The van der Waals surface area contributed by atoms with Crippen molar-refractivity contribution in [3.8, 4) is 0 Å². The van der Waals surface area contributed by atoms with Crippen LogP contribution in [0.25, 0.3) is 11.2 Å². The topological polar surface area (TPSA) is 85.9 Å². The normalized spacial score (nSPS) is 14.7. The molecule has 5 rings (SSSR count). The third kappa shape index (κ3) is 3.91. The largest absolute Gasteiger partial charge is 0.339 e. The number of nitrogens with zero attached hydrogens (tertiary/aromatic N) is 6. The summed E-state index contributed by atoms with van der Waals surface area (Å²) in [4.78, 5) is 40.0. The van der Waals surface area contributed by atoms with Gasteiger partial charge in [0.15, 0.2) is 5.65 Å². The fourth-order valence-corrected chi connectivity index (χ4v) is 4.29. The summed E-state index contributed by atoms with van der Waals surface area (Å²) in [5.74, 6) is 0.278. The first-order valence-electron chi connectivity index (χ1n) is 10.7. The Morgan fingerprint density at radius 1 is 1.12 bits per heavy atom. The number of piperidine rings is 1. The van der Waals surface area contributed by atoms with Crippen molar-refractivity contribution in [2.45, 2.75) is 25.3 Å². The van der Waals surface area contributed by atoms with Crippen LogP contribution >= 0.6 is 0 Å². The molecule has 0 saturated carbocycles. The lowest BCUT2D eigenvalue weighted by Crippen LogP contribution is -2.38. The molecule has 8 heteroatoms. The van der Waals surface area contributed by atoms with Gasteiger partial charge in [0.1, 0.15) is 5.52 Å². The fraction of sp³-hybridized carbons (Fsp3) is 0.292. The van der Waals surface area contributed by atoms with E-state index in [1.54, 1.807) is 36.4 Å². The molecule has 4 aromatic heterocycles. The second-order valence-corrected chi connectivity index (χ2v) is 8.28. The molecule has 0 aromatic carbocycles. The summed E-state index contributed by atoms with van der Waals surface area (Å²) < 4.78 is 3.53. The van der Waals surface area contributed by atoms with Crippen molar-refractivity contribution in [3.05, 3.63) is 88.5 Å². The lowest BCUT2D eigenvalue weighted by Gasteiger charge is -2.32. The molecule has 5 heterocycles. The van der Waals surface area contributed by atoms with Gasteiger partial charge >= 0.3 is 0 Å². The van der Waals surface area contributed by atoms with Crippen molar-refractivity contribution in [1.82, 2.24) is 29.0 Å². The SMILES string of the molecule is Cn1ccc(C2CCN(C(=O)c3cnc4c(c3)ncn4Cc3cccnc3)CC2)cc1=O. The van der Waals surface area contributed by atoms with E-state index in [4.69, 9.17) is 0 Å². The van der Waals surface area contributed by atoms with Crippen LogP contribution in [-0.2, 0) is 13.6 Å². The van der Waals surface area contributed by atoms with Gasteiger partial charge < -0.3 is 14.0 Å². The molecule has 1 aliphatic rings. The number of likely N-dealkylation sites (tertiary alicyclic amines) is 1. The smallest absolute Gasteiger partial charge is 0.255 e. The van der Waals surface area contributed by atoms with E-state index in [1.165, 1.54) is 0 Å². The lowest BCUT2D eigenvalue weighted by molar-refractivity contribution is 0.0712. The summed E-state index contributed by atoms with van der Waals surface area (Å²) in [7, 11) is 1.75. The zero-order valence-corrected chi connectivity index (χ0v) is 17.9. The maximum Gasteiger partial charge on any atom is 0.255 e. The Hall–Kier alpha value is -3.81. The van der Waals surface area contributed by atoms with Gasteiger partial charge in [0, 0.05) is 51.0 Å². The monoisotopic (exact) mass is 428 g/mol. The highest BCUT2D eigenvalue weighted by Gasteiger charge is 2.25. The third-order valence-electron chi connectivity index (χ3n) is 6.16. The zero-order valence-electron chi connectivity index (χ0n) is 17.9. The fourth-order valence-electron chi connectivity index (χ4n) is 4.29. The minimum Gasteiger partial charge on any atom is -0.339 e. The number of aromatic nitrogens is 5. The first-order valence-corrected chi connectivity index (χ1v) is 10.7. The lowest BCUT2D eigenvalue weighted by atomic mass is 9.90. The van der Waals surface area contributed by atoms with E-state index in [0.29, 0.717) is 36.6 Å². The second kappa shape index (κ2) is 8.37. The van der Waals surface area contributed by atoms with Gasteiger partial charge in [-0.05, 0) is 48.1 Å². The molecule has 8 nitrogen and oxygen atoms in total. The van der Waals surface area contributed by atoms with Crippen molar-refractivity contribution < 1.29 is 4.79 Å². The number of imidazole rings is 1. The molecule has 0 bridgehead atoms. The Bertz CT molecular complexity index is 1320. The third-order valence-corrected chi connectivity index (χ3v) is 6.16. The highest BCUT2D eigenvalue weighted by atomic mass is 16.2. The van der Waals surface area contributed by atoms with Crippen molar-refractivity contribution in [2.75, 3.05) is 13.1 Å².